The summed E-state index contributed by atoms with van der Waals surface area (Å²) in [5.74, 6) is 0.590. The van der Waals surface area contributed by atoms with Crippen LogP contribution in [0.2, 0.25) is 0 Å². The van der Waals surface area contributed by atoms with Crippen LogP contribution in [0.15, 0.2) is 0 Å². The first kappa shape index (κ1) is 11.9. The van der Waals surface area contributed by atoms with E-state index in [1.54, 1.807) is 13.8 Å². The lowest BCUT2D eigenvalue weighted by molar-refractivity contribution is 0.192. The summed E-state index contributed by atoms with van der Waals surface area (Å²) in [6.07, 6.45) is 3.80. The summed E-state index contributed by atoms with van der Waals surface area (Å²) in [6, 6.07) is 0. The number of hydrogen-bond donors (Lipinski definition) is 1. The van der Waals surface area contributed by atoms with Gasteiger partial charge in [-0.15, -0.1) is 0 Å². The van der Waals surface area contributed by atoms with Gasteiger partial charge < -0.3 is 5.73 Å². The molecule has 0 aromatic heterocycles. The molecule has 0 aliphatic heterocycles. The highest BCUT2D eigenvalue weighted by Gasteiger charge is 2.15. The van der Waals surface area contributed by atoms with Crippen LogP contribution >= 0.6 is 0 Å². The first-order chi connectivity index (χ1) is 5.49. The van der Waals surface area contributed by atoms with Crippen LogP contribution in [0.4, 0.5) is 4.39 Å². The lowest BCUT2D eigenvalue weighted by atomic mass is 9.95. The van der Waals surface area contributed by atoms with Gasteiger partial charge in [-0.1, -0.05) is 13.3 Å². The van der Waals surface area contributed by atoms with E-state index in [9.17, 15) is 4.39 Å². The first-order valence-electron chi connectivity index (χ1n) is 4.88. The molecule has 2 N–H and O–H groups in total. The fourth-order valence-electron chi connectivity index (χ4n) is 1.30. The number of rotatable bonds is 6. The summed E-state index contributed by atoms with van der Waals surface area (Å²) in [5, 5.41) is 0. The Morgan fingerprint density at radius 1 is 1.42 bits per heavy atom. The van der Waals surface area contributed by atoms with Crippen LogP contribution in [0, 0.1) is 5.92 Å². The van der Waals surface area contributed by atoms with Gasteiger partial charge in [-0.2, -0.15) is 0 Å². The van der Waals surface area contributed by atoms with E-state index < -0.39 is 5.67 Å². The van der Waals surface area contributed by atoms with Crippen molar-refractivity contribution < 1.29 is 4.39 Å². The van der Waals surface area contributed by atoms with Crippen molar-refractivity contribution in [2.24, 2.45) is 11.7 Å². The van der Waals surface area contributed by atoms with E-state index in [0.29, 0.717) is 12.3 Å². The van der Waals surface area contributed by atoms with Crippen LogP contribution in [-0.4, -0.2) is 12.2 Å². The van der Waals surface area contributed by atoms with Gasteiger partial charge in [-0.25, -0.2) is 4.39 Å². The summed E-state index contributed by atoms with van der Waals surface area (Å²) < 4.78 is 13.0. The maximum absolute atomic E-state index is 13.0. The molecule has 0 rings (SSSR count). The van der Waals surface area contributed by atoms with Crippen LogP contribution in [0.3, 0.4) is 0 Å². The zero-order valence-electron chi connectivity index (χ0n) is 8.57. The maximum Gasteiger partial charge on any atom is 0.105 e. The van der Waals surface area contributed by atoms with Crippen LogP contribution < -0.4 is 5.73 Å². The van der Waals surface area contributed by atoms with Crippen molar-refractivity contribution in [1.29, 1.82) is 0 Å². The minimum absolute atomic E-state index is 0.590. The molecule has 0 aliphatic rings. The van der Waals surface area contributed by atoms with Gasteiger partial charge in [0.15, 0.2) is 0 Å². The predicted molar refractivity (Wildman–Crippen MR) is 51.9 cm³/mol. The van der Waals surface area contributed by atoms with E-state index in [4.69, 9.17) is 5.73 Å². The molecule has 0 amide bonds. The Bertz CT molecular complexity index is 103. The van der Waals surface area contributed by atoms with Crippen LogP contribution in [0.25, 0.3) is 0 Å². The Labute approximate surface area is 75.5 Å². The normalized spacial score (nSPS) is 14.8. The van der Waals surface area contributed by atoms with Gasteiger partial charge in [0.2, 0.25) is 0 Å². The number of alkyl halides is 1. The lowest BCUT2D eigenvalue weighted by Gasteiger charge is -2.16. The van der Waals surface area contributed by atoms with Crippen molar-refractivity contribution in [3.05, 3.63) is 0 Å². The van der Waals surface area contributed by atoms with Gasteiger partial charge in [-0.05, 0) is 45.6 Å². The second-order valence-electron chi connectivity index (χ2n) is 4.12. The predicted octanol–water partition coefficient (Wildman–Crippen LogP) is 2.89. The van der Waals surface area contributed by atoms with Gasteiger partial charge >= 0.3 is 0 Å². The molecule has 0 heterocycles. The van der Waals surface area contributed by atoms with Gasteiger partial charge in [0.25, 0.3) is 0 Å². The second-order valence-corrected chi connectivity index (χ2v) is 4.12. The van der Waals surface area contributed by atoms with Crippen LogP contribution in [0.5, 0.6) is 0 Å². The minimum Gasteiger partial charge on any atom is -0.330 e. The standard InChI is InChI=1S/C10H22FN/c1-4-9(8-12)6-5-7-10(2,3)11/h9H,4-8,12H2,1-3H3. The summed E-state index contributed by atoms with van der Waals surface area (Å²) >= 11 is 0. The van der Waals surface area contributed by atoms with E-state index in [2.05, 4.69) is 6.92 Å². The quantitative estimate of drug-likeness (QED) is 0.660. The minimum atomic E-state index is -1.01. The summed E-state index contributed by atoms with van der Waals surface area (Å²) in [5.41, 5.74) is 4.53. The fourth-order valence-corrected chi connectivity index (χ4v) is 1.30. The zero-order chi connectivity index (χ0) is 9.61. The fraction of sp³-hybridized carbons (Fsp3) is 1.00. The third-order valence-electron chi connectivity index (χ3n) is 2.29. The average molecular weight is 175 g/mol. The van der Waals surface area contributed by atoms with Gasteiger partial charge in [0.05, 0.1) is 0 Å². The Kier molecular flexibility index (Phi) is 5.47. The Hall–Kier alpha value is -0.110. The molecule has 1 nitrogen and oxygen atoms in total. The molecule has 0 bridgehead atoms. The monoisotopic (exact) mass is 175 g/mol. The molecule has 0 spiro atoms. The second kappa shape index (κ2) is 5.52. The Morgan fingerprint density at radius 3 is 2.33 bits per heavy atom. The summed E-state index contributed by atoms with van der Waals surface area (Å²) in [6.45, 7) is 6.15. The van der Waals surface area contributed by atoms with Gasteiger partial charge in [-0.3, -0.25) is 0 Å². The smallest absolute Gasteiger partial charge is 0.105 e. The van der Waals surface area contributed by atoms with Gasteiger partial charge in [0.1, 0.15) is 5.67 Å². The van der Waals surface area contributed by atoms with E-state index in [0.717, 1.165) is 25.8 Å². The van der Waals surface area contributed by atoms with E-state index >= 15 is 0 Å². The number of halogens is 1. The molecule has 0 saturated carbocycles. The van der Waals surface area contributed by atoms with Crippen molar-refractivity contribution >= 4 is 0 Å². The zero-order valence-corrected chi connectivity index (χ0v) is 8.57. The molecule has 1 unspecified atom stereocenters. The van der Waals surface area contributed by atoms with Crippen LogP contribution in [0.1, 0.15) is 46.5 Å². The Balaban J connectivity index is 3.41. The molecule has 0 aromatic rings. The molecule has 0 aliphatic carbocycles. The van der Waals surface area contributed by atoms with Crippen molar-refractivity contribution in [3.8, 4) is 0 Å². The highest BCUT2D eigenvalue weighted by atomic mass is 19.1. The molecule has 0 fully saturated rings. The van der Waals surface area contributed by atoms with Gasteiger partial charge in [0, 0.05) is 0 Å². The molecular weight excluding hydrogens is 153 g/mol. The Morgan fingerprint density at radius 2 is 2.00 bits per heavy atom. The van der Waals surface area contributed by atoms with Crippen molar-refractivity contribution in [3.63, 3.8) is 0 Å². The lowest BCUT2D eigenvalue weighted by Crippen LogP contribution is -2.16. The molecule has 74 valence electrons. The SMILES string of the molecule is CCC(CN)CCCC(C)(C)F. The topological polar surface area (TPSA) is 26.0 Å². The molecule has 2 heteroatoms. The molecule has 12 heavy (non-hydrogen) atoms. The summed E-state index contributed by atoms with van der Waals surface area (Å²) in [4.78, 5) is 0. The third kappa shape index (κ3) is 6.59. The van der Waals surface area contributed by atoms with Crippen molar-refractivity contribution in [1.82, 2.24) is 0 Å². The van der Waals surface area contributed by atoms with E-state index in [1.165, 1.54) is 0 Å². The van der Waals surface area contributed by atoms with E-state index in [1.807, 2.05) is 0 Å². The molecule has 0 aromatic carbocycles. The number of hydrogen-bond acceptors (Lipinski definition) is 1. The molecule has 0 saturated heterocycles. The molecule has 0 radical (unpaired) electrons. The first-order valence-corrected chi connectivity index (χ1v) is 4.88. The van der Waals surface area contributed by atoms with E-state index in [-0.39, 0.29) is 0 Å². The average Bonchev–Trinajstić information content (AvgIpc) is 1.96. The molecule has 1 atom stereocenters. The maximum atomic E-state index is 13.0. The van der Waals surface area contributed by atoms with Crippen LogP contribution in [-0.2, 0) is 0 Å². The largest absolute Gasteiger partial charge is 0.330 e. The van der Waals surface area contributed by atoms with Crippen molar-refractivity contribution in [2.45, 2.75) is 52.1 Å². The highest BCUT2D eigenvalue weighted by molar-refractivity contribution is 4.67. The molecular formula is C10H22FN. The number of nitrogens with two attached hydrogens (primary N) is 1. The highest BCUT2D eigenvalue weighted by Crippen LogP contribution is 2.20. The summed E-state index contributed by atoms with van der Waals surface area (Å²) in [7, 11) is 0. The third-order valence-corrected chi connectivity index (χ3v) is 2.29. The van der Waals surface area contributed by atoms with Crippen molar-refractivity contribution in [2.75, 3.05) is 6.54 Å².